The van der Waals surface area contributed by atoms with Crippen molar-refractivity contribution in [2.24, 2.45) is 0 Å². The monoisotopic (exact) mass is 236 g/mol. The summed E-state index contributed by atoms with van der Waals surface area (Å²) in [5.74, 6) is 0.609. The molecule has 1 heterocycles. The van der Waals surface area contributed by atoms with E-state index in [1.54, 1.807) is 0 Å². The number of aryl methyl sites for hydroxylation is 2. The molecule has 0 aliphatic carbocycles. The highest BCUT2D eigenvalue weighted by molar-refractivity contribution is 6.11. The molecule has 0 spiro atoms. The summed E-state index contributed by atoms with van der Waals surface area (Å²) in [5.41, 5.74) is 5.92. The lowest BCUT2D eigenvalue weighted by Crippen LogP contribution is -2.23. The van der Waals surface area contributed by atoms with Gasteiger partial charge in [0.2, 0.25) is 0 Å². The zero-order chi connectivity index (χ0) is 12.7. The van der Waals surface area contributed by atoms with Crippen molar-refractivity contribution in [2.75, 3.05) is 4.90 Å². The number of rotatable bonds is 1. The van der Waals surface area contributed by atoms with Crippen LogP contribution in [0.5, 0.6) is 0 Å². The molecular formula is C16H16N2. The van der Waals surface area contributed by atoms with E-state index in [-0.39, 0.29) is 0 Å². The molecule has 0 atom stereocenters. The minimum absolute atomic E-state index is 0.609. The van der Waals surface area contributed by atoms with Crippen LogP contribution in [0.25, 0.3) is 0 Å². The smallest absolute Gasteiger partial charge is 0.133 e. The highest BCUT2D eigenvalue weighted by Crippen LogP contribution is 2.30. The molecular weight excluding hydrogens is 220 g/mol. The van der Waals surface area contributed by atoms with Crippen molar-refractivity contribution in [1.82, 2.24) is 0 Å². The normalized spacial score (nSPS) is 13.9. The van der Waals surface area contributed by atoms with Crippen molar-refractivity contribution in [3.8, 4) is 0 Å². The van der Waals surface area contributed by atoms with Gasteiger partial charge >= 0.3 is 0 Å². The summed E-state index contributed by atoms with van der Waals surface area (Å²) >= 11 is 0. The first-order valence-corrected chi connectivity index (χ1v) is 6.18. The fraction of sp³-hybridized carbons (Fsp3) is 0.188. The molecule has 1 aliphatic rings. The van der Waals surface area contributed by atoms with Crippen LogP contribution < -0.4 is 4.90 Å². The zero-order valence-electron chi connectivity index (χ0n) is 10.7. The molecule has 1 aliphatic heterocycles. The average molecular weight is 236 g/mol. The lowest BCUT2D eigenvalue weighted by atomic mass is 10.1. The molecule has 0 unspecified atom stereocenters. The molecule has 1 N–H and O–H groups in total. The van der Waals surface area contributed by atoms with Gasteiger partial charge in [0.15, 0.2) is 0 Å². The van der Waals surface area contributed by atoms with Crippen LogP contribution in [-0.4, -0.2) is 5.84 Å². The Kier molecular flexibility index (Phi) is 2.44. The number of amidine groups is 1. The second-order valence-corrected chi connectivity index (χ2v) is 4.88. The molecule has 0 bridgehead atoms. The highest BCUT2D eigenvalue weighted by Gasteiger charge is 2.25. The molecule has 2 heteroatoms. The van der Waals surface area contributed by atoms with E-state index in [1.165, 1.54) is 16.7 Å². The molecule has 90 valence electrons. The Labute approximate surface area is 107 Å². The number of nitrogens with zero attached hydrogens (tertiary/aromatic N) is 1. The number of anilines is 1. The van der Waals surface area contributed by atoms with Gasteiger partial charge in [0.1, 0.15) is 5.84 Å². The lowest BCUT2D eigenvalue weighted by Gasteiger charge is -2.20. The first kappa shape index (κ1) is 11.0. The number of benzene rings is 2. The van der Waals surface area contributed by atoms with Gasteiger partial charge in [-0.15, -0.1) is 0 Å². The first-order chi connectivity index (χ1) is 8.66. The molecule has 0 radical (unpaired) electrons. The maximum atomic E-state index is 8.30. The van der Waals surface area contributed by atoms with Crippen molar-refractivity contribution in [3.05, 3.63) is 64.7 Å². The molecule has 2 nitrogen and oxygen atoms in total. The van der Waals surface area contributed by atoms with Gasteiger partial charge in [-0.2, -0.15) is 0 Å². The molecule has 0 amide bonds. The third-order valence-corrected chi connectivity index (χ3v) is 3.51. The molecule has 18 heavy (non-hydrogen) atoms. The van der Waals surface area contributed by atoms with E-state index >= 15 is 0 Å². The maximum absolute atomic E-state index is 8.30. The van der Waals surface area contributed by atoms with Gasteiger partial charge in [-0.1, -0.05) is 42.0 Å². The first-order valence-electron chi connectivity index (χ1n) is 6.18. The van der Waals surface area contributed by atoms with Crippen molar-refractivity contribution in [2.45, 2.75) is 20.4 Å². The van der Waals surface area contributed by atoms with Crippen LogP contribution in [0.2, 0.25) is 0 Å². The van der Waals surface area contributed by atoms with Gasteiger partial charge in [0.25, 0.3) is 0 Å². The average Bonchev–Trinajstić information content (AvgIpc) is 2.68. The Balaban J connectivity index is 2.04. The van der Waals surface area contributed by atoms with Gasteiger partial charge in [-0.05, 0) is 31.0 Å². The molecule has 0 aromatic heterocycles. The van der Waals surface area contributed by atoms with E-state index in [4.69, 9.17) is 5.41 Å². The van der Waals surface area contributed by atoms with Gasteiger partial charge in [-0.25, -0.2) is 0 Å². The number of hydrogen-bond acceptors (Lipinski definition) is 1. The summed E-state index contributed by atoms with van der Waals surface area (Å²) in [4.78, 5) is 2.08. The van der Waals surface area contributed by atoms with Crippen molar-refractivity contribution in [3.63, 3.8) is 0 Å². The molecule has 0 saturated heterocycles. The predicted molar refractivity (Wildman–Crippen MR) is 75.4 cm³/mol. The van der Waals surface area contributed by atoms with E-state index in [9.17, 15) is 0 Å². The van der Waals surface area contributed by atoms with Crippen molar-refractivity contribution < 1.29 is 0 Å². The van der Waals surface area contributed by atoms with Crippen LogP contribution in [0.3, 0.4) is 0 Å². The summed E-state index contributed by atoms with van der Waals surface area (Å²) in [6, 6.07) is 14.6. The Hall–Kier alpha value is -2.09. The Morgan fingerprint density at radius 3 is 2.56 bits per heavy atom. The molecule has 0 fully saturated rings. The lowest BCUT2D eigenvalue weighted by molar-refractivity contribution is 1.04. The van der Waals surface area contributed by atoms with Crippen LogP contribution in [0.15, 0.2) is 42.5 Å². The zero-order valence-corrected chi connectivity index (χ0v) is 10.7. The van der Waals surface area contributed by atoms with E-state index in [0.29, 0.717) is 5.84 Å². The minimum Gasteiger partial charge on any atom is -0.322 e. The van der Waals surface area contributed by atoms with E-state index in [2.05, 4.69) is 43.0 Å². The van der Waals surface area contributed by atoms with Crippen LogP contribution >= 0.6 is 0 Å². The molecule has 2 aromatic carbocycles. The Morgan fingerprint density at radius 1 is 1.06 bits per heavy atom. The van der Waals surface area contributed by atoms with Gasteiger partial charge in [0, 0.05) is 11.3 Å². The summed E-state index contributed by atoms with van der Waals surface area (Å²) in [5, 5.41) is 8.30. The van der Waals surface area contributed by atoms with E-state index in [0.717, 1.165) is 17.8 Å². The van der Waals surface area contributed by atoms with Crippen molar-refractivity contribution >= 4 is 11.5 Å². The van der Waals surface area contributed by atoms with Gasteiger partial charge in [-0.3, -0.25) is 5.41 Å². The van der Waals surface area contributed by atoms with Crippen LogP contribution in [0.1, 0.15) is 22.3 Å². The Morgan fingerprint density at radius 2 is 1.83 bits per heavy atom. The molecule has 3 rings (SSSR count). The van der Waals surface area contributed by atoms with E-state index < -0.39 is 0 Å². The highest BCUT2D eigenvalue weighted by atomic mass is 15.2. The predicted octanol–water partition coefficient (Wildman–Crippen LogP) is 3.65. The summed E-state index contributed by atoms with van der Waals surface area (Å²) in [6.07, 6.45) is 0. The topological polar surface area (TPSA) is 27.1 Å². The Bertz CT molecular complexity index is 629. The summed E-state index contributed by atoms with van der Waals surface area (Å²) in [7, 11) is 0. The standard InChI is InChI=1S/C16H16N2/c1-11-7-8-15(12(2)9-11)18-10-13-5-3-4-6-14(13)16(18)17/h3-9,17H,10H2,1-2H3. The second-order valence-electron chi connectivity index (χ2n) is 4.88. The number of fused-ring (bicyclic) bond motifs is 1. The minimum atomic E-state index is 0.609. The van der Waals surface area contributed by atoms with Crippen LogP contribution in [0, 0.1) is 19.3 Å². The van der Waals surface area contributed by atoms with Gasteiger partial charge in [0.05, 0.1) is 6.54 Å². The van der Waals surface area contributed by atoms with Gasteiger partial charge < -0.3 is 4.90 Å². The third kappa shape index (κ3) is 1.61. The third-order valence-electron chi connectivity index (χ3n) is 3.51. The number of nitrogens with one attached hydrogen (secondary N) is 1. The largest absolute Gasteiger partial charge is 0.322 e. The molecule has 0 saturated carbocycles. The van der Waals surface area contributed by atoms with Crippen molar-refractivity contribution in [1.29, 1.82) is 5.41 Å². The second kappa shape index (κ2) is 3.98. The van der Waals surface area contributed by atoms with Crippen LogP contribution in [0.4, 0.5) is 5.69 Å². The fourth-order valence-corrected chi connectivity index (χ4v) is 2.60. The SMILES string of the molecule is Cc1ccc(N2Cc3ccccc3C2=N)c(C)c1. The summed E-state index contributed by atoms with van der Waals surface area (Å²) in [6.45, 7) is 5.01. The van der Waals surface area contributed by atoms with E-state index in [1.807, 2.05) is 18.2 Å². The molecule has 2 aromatic rings. The quantitative estimate of drug-likeness (QED) is 0.804. The summed E-state index contributed by atoms with van der Waals surface area (Å²) < 4.78 is 0. The fourth-order valence-electron chi connectivity index (χ4n) is 2.60. The maximum Gasteiger partial charge on any atom is 0.133 e. The van der Waals surface area contributed by atoms with Crippen LogP contribution in [-0.2, 0) is 6.54 Å². The number of hydrogen-bond donors (Lipinski definition) is 1.